The van der Waals surface area contributed by atoms with E-state index in [1.807, 2.05) is 13.0 Å². The summed E-state index contributed by atoms with van der Waals surface area (Å²) in [6.07, 6.45) is 1.25. The van der Waals surface area contributed by atoms with Gasteiger partial charge in [-0.15, -0.1) is 0 Å². The molecule has 0 radical (unpaired) electrons. The normalized spacial score (nSPS) is 19.5. The summed E-state index contributed by atoms with van der Waals surface area (Å²) in [5, 5.41) is 8.19. The number of carbonyl (C=O) groups excluding carboxylic acids is 3. The first-order valence-electron chi connectivity index (χ1n) is 8.43. The molecule has 2 aliphatic rings. The predicted molar refractivity (Wildman–Crippen MR) is 92.5 cm³/mol. The molecule has 7 nitrogen and oxygen atoms in total. The second-order valence-electron chi connectivity index (χ2n) is 6.24. The maximum Gasteiger partial charge on any atom is 0.315 e. The Kier molecular flexibility index (Phi) is 4.74. The van der Waals surface area contributed by atoms with E-state index in [0.29, 0.717) is 43.7 Å². The molecular weight excluding hydrogens is 320 g/mol. The second-order valence-corrected chi connectivity index (χ2v) is 6.24. The average Bonchev–Trinajstić information content (AvgIpc) is 2.91. The lowest BCUT2D eigenvalue weighted by Crippen LogP contribution is -2.49. The van der Waals surface area contributed by atoms with Crippen LogP contribution in [-0.2, 0) is 17.9 Å². The molecule has 2 heterocycles. The minimum atomic E-state index is -0.477. The van der Waals surface area contributed by atoms with Gasteiger partial charge in [0.15, 0.2) is 0 Å². The number of rotatable bonds is 4. The Balaban J connectivity index is 1.77. The quantitative estimate of drug-likeness (QED) is 0.769. The monoisotopic (exact) mass is 342 g/mol. The molecule has 1 unspecified atom stereocenters. The van der Waals surface area contributed by atoms with Gasteiger partial charge in [0.05, 0.1) is 0 Å². The van der Waals surface area contributed by atoms with Crippen molar-refractivity contribution in [2.24, 2.45) is 0 Å². The summed E-state index contributed by atoms with van der Waals surface area (Å²) >= 11 is 0. The number of piperidine rings is 1. The highest BCUT2D eigenvalue weighted by atomic mass is 16.2. The van der Waals surface area contributed by atoms with Crippen molar-refractivity contribution in [1.82, 2.24) is 20.9 Å². The van der Waals surface area contributed by atoms with Crippen LogP contribution in [0.4, 0.5) is 4.79 Å². The van der Waals surface area contributed by atoms with Crippen molar-refractivity contribution in [3.05, 3.63) is 47.2 Å². The molecule has 25 heavy (non-hydrogen) atoms. The van der Waals surface area contributed by atoms with Gasteiger partial charge in [-0.3, -0.25) is 9.59 Å². The number of urea groups is 1. The number of amides is 4. The molecule has 0 bridgehead atoms. The molecule has 0 aliphatic carbocycles. The van der Waals surface area contributed by atoms with Crippen LogP contribution in [0.2, 0.25) is 0 Å². The first-order chi connectivity index (χ1) is 12.0. The third kappa shape index (κ3) is 3.35. The van der Waals surface area contributed by atoms with E-state index in [9.17, 15) is 14.4 Å². The highest BCUT2D eigenvalue weighted by Gasteiger charge is 2.38. The van der Waals surface area contributed by atoms with E-state index in [2.05, 4.69) is 22.5 Å². The largest absolute Gasteiger partial charge is 0.338 e. The van der Waals surface area contributed by atoms with Crippen molar-refractivity contribution in [3.8, 4) is 0 Å². The first kappa shape index (κ1) is 17.0. The van der Waals surface area contributed by atoms with Crippen LogP contribution >= 0.6 is 0 Å². The maximum absolute atomic E-state index is 12.7. The predicted octanol–water partition coefficient (Wildman–Crippen LogP) is 1.25. The number of hydrogen-bond donors (Lipinski definition) is 3. The number of nitrogens with zero attached hydrogens (tertiary/aromatic N) is 1. The molecule has 3 rings (SSSR count). The number of fused-ring (bicyclic) bond motifs is 1. The van der Waals surface area contributed by atoms with Gasteiger partial charge in [0, 0.05) is 30.9 Å². The fourth-order valence-corrected chi connectivity index (χ4v) is 3.29. The molecule has 4 amide bonds. The third-order valence-corrected chi connectivity index (χ3v) is 4.57. The summed E-state index contributed by atoms with van der Waals surface area (Å²) in [7, 11) is 0. The molecule has 2 aliphatic heterocycles. The van der Waals surface area contributed by atoms with Crippen molar-refractivity contribution in [3.63, 3.8) is 0 Å². The Morgan fingerprint density at radius 3 is 2.88 bits per heavy atom. The molecule has 3 N–H and O–H groups in total. The van der Waals surface area contributed by atoms with Gasteiger partial charge in [0.25, 0.3) is 5.91 Å². The van der Waals surface area contributed by atoms with Gasteiger partial charge in [-0.25, -0.2) is 4.79 Å². The van der Waals surface area contributed by atoms with Gasteiger partial charge >= 0.3 is 6.03 Å². The van der Waals surface area contributed by atoms with Crippen LogP contribution in [0.3, 0.4) is 0 Å². The lowest BCUT2D eigenvalue weighted by atomic mass is 10.0. The topological polar surface area (TPSA) is 90.5 Å². The summed E-state index contributed by atoms with van der Waals surface area (Å²) in [6, 6.07) is 4.75. The molecule has 7 heteroatoms. The van der Waals surface area contributed by atoms with Crippen molar-refractivity contribution in [1.29, 1.82) is 0 Å². The van der Waals surface area contributed by atoms with E-state index in [1.54, 1.807) is 17.0 Å². The van der Waals surface area contributed by atoms with Gasteiger partial charge in [-0.1, -0.05) is 18.7 Å². The van der Waals surface area contributed by atoms with E-state index in [-0.39, 0.29) is 17.8 Å². The highest BCUT2D eigenvalue weighted by Crippen LogP contribution is 2.30. The minimum absolute atomic E-state index is 0.137. The number of hydrogen-bond acceptors (Lipinski definition) is 3. The van der Waals surface area contributed by atoms with Crippen molar-refractivity contribution < 1.29 is 14.4 Å². The second kappa shape index (κ2) is 6.96. The van der Waals surface area contributed by atoms with E-state index in [4.69, 9.17) is 0 Å². The van der Waals surface area contributed by atoms with Crippen LogP contribution in [0.1, 0.15) is 41.3 Å². The van der Waals surface area contributed by atoms with Crippen LogP contribution in [0.25, 0.3) is 0 Å². The fraction of sp³-hybridized carbons (Fsp3) is 0.389. The lowest BCUT2D eigenvalue weighted by Gasteiger charge is -2.31. The van der Waals surface area contributed by atoms with Crippen LogP contribution in [0.15, 0.2) is 30.5 Å². The smallest absolute Gasteiger partial charge is 0.315 e. The van der Waals surface area contributed by atoms with Gasteiger partial charge in [-0.05, 0) is 37.0 Å². The summed E-state index contributed by atoms with van der Waals surface area (Å²) in [4.78, 5) is 38.2. The van der Waals surface area contributed by atoms with Gasteiger partial charge in [0.2, 0.25) is 5.91 Å². The Hall–Kier alpha value is -2.83. The lowest BCUT2D eigenvalue weighted by molar-refractivity contribution is -0.126. The summed E-state index contributed by atoms with van der Waals surface area (Å²) in [6.45, 7) is 6.89. The third-order valence-electron chi connectivity index (χ3n) is 4.57. The summed E-state index contributed by atoms with van der Waals surface area (Å²) in [5.41, 5.74) is 3.06. The van der Waals surface area contributed by atoms with E-state index < -0.39 is 6.04 Å². The van der Waals surface area contributed by atoms with Crippen LogP contribution < -0.4 is 16.0 Å². The van der Waals surface area contributed by atoms with Crippen molar-refractivity contribution in [2.45, 2.75) is 38.9 Å². The molecule has 1 aromatic rings. The molecule has 1 saturated heterocycles. The Bertz CT molecular complexity index is 744. The Morgan fingerprint density at radius 1 is 1.36 bits per heavy atom. The number of carbonyl (C=O) groups is 3. The molecular formula is C18H22N4O3. The number of nitrogens with one attached hydrogen (secondary N) is 3. The highest BCUT2D eigenvalue weighted by molar-refractivity contribution is 6.01. The molecule has 1 atom stereocenters. The van der Waals surface area contributed by atoms with Crippen LogP contribution in [0.5, 0.6) is 0 Å². The SMILES string of the molecule is C=C1CCC(N2Cc3c(CNC(=O)NCC)cccc3C2=O)C(=O)N1. The van der Waals surface area contributed by atoms with Gasteiger partial charge in [-0.2, -0.15) is 0 Å². The maximum atomic E-state index is 12.7. The van der Waals surface area contributed by atoms with Crippen LogP contribution in [-0.4, -0.2) is 35.3 Å². The fourth-order valence-electron chi connectivity index (χ4n) is 3.29. The minimum Gasteiger partial charge on any atom is -0.338 e. The zero-order chi connectivity index (χ0) is 18.0. The molecule has 0 spiro atoms. The first-order valence-corrected chi connectivity index (χ1v) is 8.43. The zero-order valence-electron chi connectivity index (χ0n) is 14.2. The number of benzene rings is 1. The standard InChI is InChI=1S/C18H22N4O3/c1-3-19-18(25)20-9-12-5-4-6-13-14(12)10-22(17(13)24)15-8-7-11(2)21-16(15)23/h4-6,15H,2-3,7-10H2,1H3,(H,21,23)(H2,19,20,25). The van der Waals surface area contributed by atoms with Crippen molar-refractivity contribution >= 4 is 17.8 Å². The molecule has 1 fully saturated rings. The van der Waals surface area contributed by atoms with Crippen molar-refractivity contribution in [2.75, 3.05) is 6.54 Å². The number of allylic oxidation sites excluding steroid dienone is 1. The molecule has 1 aromatic carbocycles. The van der Waals surface area contributed by atoms with Gasteiger partial charge < -0.3 is 20.9 Å². The zero-order valence-corrected chi connectivity index (χ0v) is 14.2. The average molecular weight is 342 g/mol. The molecule has 132 valence electrons. The van der Waals surface area contributed by atoms with Gasteiger partial charge in [0.1, 0.15) is 6.04 Å². The molecule has 0 saturated carbocycles. The van der Waals surface area contributed by atoms with E-state index in [0.717, 1.165) is 11.1 Å². The van der Waals surface area contributed by atoms with E-state index >= 15 is 0 Å². The summed E-state index contributed by atoms with van der Waals surface area (Å²) < 4.78 is 0. The van der Waals surface area contributed by atoms with E-state index in [1.165, 1.54) is 0 Å². The Morgan fingerprint density at radius 2 is 2.16 bits per heavy atom. The van der Waals surface area contributed by atoms with Crippen LogP contribution in [0, 0.1) is 0 Å². The Labute approximate surface area is 146 Å². The molecule has 0 aromatic heterocycles. The summed E-state index contributed by atoms with van der Waals surface area (Å²) in [5.74, 6) is -0.318.